The van der Waals surface area contributed by atoms with Gasteiger partial charge in [-0.25, -0.2) is 9.07 Å². The molecular weight excluding hydrogens is 311 g/mol. The number of ether oxygens (including phenoxy) is 1. The van der Waals surface area contributed by atoms with Gasteiger partial charge in [-0.15, -0.1) is 0 Å². The van der Waals surface area contributed by atoms with Gasteiger partial charge in [-0.3, -0.25) is 0 Å². The lowest BCUT2D eigenvalue weighted by molar-refractivity contribution is 0.125. The molecule has 3 rings (SSSR count). The standard InChI is InChI=1S/C14H14BrFN2O/c1-8-7-9(2)19-14-12(15)13(17-18(8)14)10-3-5-11(16)6-4-10/h3-6,8-9H,7H2,1-2H3. The Morgan fingerprint density at radius 1 is 1.32 bits per heavy atom. The highest BCUT2D eigenvalue weighted by Gasteiger charge is 2.28. The molecule has 0 bridgehead atoms. The minimum absolute atomic E-state index is 0.177. The zero-order valence-corrected chi connectivity index (χ0v) is 12.3. The lowest BCUT2D eigenvalue weighted by Gasteiger charge is -2.26. The summed E-state index contributed by atoms with van der Waals surface area (Å²) in [5.41, 5.74) is 1.66. The van der Waals surface area contributed by atoms with E-state index in [9.17, 15) is 4.39 Å². The zero-order valence-electron chi connectivity index (χ0n) is 10.7. The molecule has 0 radical (unpaired) electrons. The topological polar surface area (TPSA) is 27.1 Å². The first-order valence-electron chi connectivity index (χ1n) is 6.27. The van der Waals surface area contributed by atoms with Crippen molar-refractivity contribution >= 4 is 15.9 Å². The van der Waals surface area contributed by atoms with Crippen LogP contribution in [0, 0.1) is 5.82 Å². The highest BCUT2D eigenvalue weighted by Crippen LogP contribution is 2.40. The molecule has 2 unspecified atom stereocenters. The van der Waals surface area contributed by atoms with Crippen LogP contribution in [0.3, 0.4) is 0 Å². The monoisotopic (exact) mass is 324 g/mol. The van der Waals surface area contributed by atoms with E-state index in [0.717, 1.165) is 28.0 Å². The van der Waals surface area contributed by atoms with Crippen LogP contribution in [0.1, 0.15) is 26.3 Å². The van der Waals surface area contributed by atoms with Crippen LogP contribution < -0.4 is 4.74 Å². The fraction of sp³-hybridized carbons (Fsp3) is 0.357. The molecule has 1 aromatic carbocycles. The van der Waals surface area contributed by atoms with Crippen LogP contribution in [-0.4, -0.2) is 15.9 Å². The van der Waals surface area contributed by atoms with Crippen molar-refractivity contribution in [1.29, 1.82) is 0 Å². The van der Waals surface area contributed by atoms with E-state index in [4.69, 9.17) is 4.74 Å². The van der Waals surface area contributed by atoms with Gasteiger partial charge in [0, 0.05) is 12.0 Å². The van der Waals surface area contributed by atoms with Gasteiger partial charge >= 0.3 is 0 Å². The highest BCUT2D eigenvalue weighted by atomic mass is 79.9. The van der Waals surface area contributed by atoms with Crippen molar-refractivity contribution in [2.75, 3.05) is 0 Å². The molecular formula is C14H14BrFN2O. The average Bonchev–Trinajstić information content (AvgIpc) is 2.69. The van der Waals surface area contributed by atoms with E-state index in [1.807, 2.05) is 4.68 Å². The second-order valence-electron chi connectivity index (χ2n) is 4.93. The Kier molecular flexibility index (Phi) is 3.09. The first-order chi connectivity index (χ1) is 9.06. The van der Waals surface area contributed by atoms with Crippen molar-refractivity contribution in [3.8, 4) is 17.1 Å². The Balaban J connectivity index is 2.09. The molecule has 1 aliphatic heterocycles. The zero-order chi connectivity index (χ0) is 13.6. The summed E-state index contributed by atoms with van der Waals surface area (Å²) in [5, 5.41) is 4.59. The van der Waals surface area contributed by atoms with Gasteiger partial charge in [0.05, 0.1) is 12.1 Å². The summed E-state index contributed by atoms with van der Waals surface area (Å²) in [6, 6.07) is 6.62. The van der Waals surface area contributed by atoms with Crippen LogP contribution in [-0.2, 0) is 0 Å². The number of fused-ring (bicyclic) bond motifs is 1. The summed E-state index contributed by atoms with van der Waals surface area (Å²) in [5.74, 6) is 0.507. The van der Waals surface area contributed by atoms with Crippen molar-refractivity contribution in [1.82, 2.24) is 9.78 Å². The maximum absolute atomic E-state index is 13.0. The van der Waals surface area contributed by atoms with Gasteiger partial charge in [0.15, 0.2) is 0 Å². The molecule has 2 aromatic rings. The predicted octanol–water partition coefficient (Wildman–Crippen LogP) is 4.18. The molecule has 1 aliphatic rings. The maximum atomic E-state index is 13.0. The Morgan fingerprint density at radius 2 is 2.00 bits per heavy atom. The van der Waals surface area contributed by atoms with Gasteiger partial charge in [0.2, 0.25) is 5.88 Å². The molecule has 100 valence electrons. The largest absolute Gasteiger partial charge is 0.474 e. The van der Waals surface area contributed by atoms with Crippen LogP contribution in [0.2, 0.25) is 0 Å². The normalized spacial score (nSPS) is 21.9. The van der Waals surface area contributed by atoms with Gasteiger partial charge in [-0.05, 0) is 54.0 Å². The van der Waals surface area contributed by atoms with Crippen molar-refractivity contribution in [2.24, 2.45) is 0 Å². The Labute approximate surface area is 119 Å². The second kappa shape index (κ2) is 4.63. The molecule has 0 fully saturated rings. The lowest BCUT2D eigenvalue weighted by atomic mass is 10.1. The van der Waals surface area contributed by atoms with Gasteiger partial charge < -0.3 is 4.74 Å². The summed E-state index contributed by atoms with van der Waals surface area (Å²) in [4.78, 5) is 0. The predicted molar refractivity (Wildman–Crippen MR) is 74.7 cm³/mol. The summed E-state index contributed by atoms with van der Waals surface area (Å²) in [7, 11) is 0. The van der Waals surface area contributed by atoms with Crippen LogP contribution >= 0.6 is 15.9 Å². The number of rotatable bonds is 1. The maximum Gasteiger partial charge on any atom is 0.227 e. The summed E-state index contributed by atoms with van der Waals surface area (Å²) < 4.78 is 21.5. The number of aromatic nitrogens is 2. The van der Waals surface area contributed by atoms with Gasteiger partial charge in [0.1, 0.15) is 16.0 Å². The third-order valence-electron chi connectivity index (χ3n) is 3.33. The first-order valence-corrected chi connectivity index (χ1v) is 7.06. The van der Waals surface area contributed by atoms with E-state index < -0.39 is 0 Å². The molecule has 0 N–H and O–H groups in total. The number of nitrogens with zero attached hydrogens (tertiary/aromatic N) is 2. The number of hydrogen-bond donors (Lipinski definition) is 0. The highest BCUT2D eigenvalue weighted by molar-refractivity contribution is 9.10. The van der Waals surface area contributed by atoms with Crippen LogP contribution in [0.15, 0.2) is 28.7 Å². The van der Waals surface area contributed by atoms with E-state index in [1.165, 1.54) is 12.1 Å². The summed E-state index contributed by atoms with van der Waals surface area (Å²) in [6.45, 7) is 4.17. The number of benzene rings is 1. The first kappa shape index (κ1) is 12.7. The van der Waals surface area contributed by atoms with E-state index in [2.05, 4.69) is 34.9 Å². The molecule has 0 amide bonds. The third kappa shape index (κ3) is 2.16. The number of halogens is 2. The Hall–Kier alpha value is -1.36. The third-order valence-corrected chi connectivity index (χ3v) is 4.05. The molecule has 2 atom stereocenters. The van der Waals surface area contributed by atoms with Gasteiger partial charge in [-0.2, -0.15) is 5.10 Å². The molecule has 0 aliphatic carbocycles. The van der Waals surface area contributed by atoms with E-state index in [0.29, 0.717) is 6.04 Å². The molecule has 3 nitrogen and oxygen atoms in total. The summed E-state index contributed by atoms with van der Waals surface area (Å²) in [6.07, 6.45) is 1.11. The second-order valence-corrected chi connectivity index (χ2v) is 5.73. The lowest BCUT2D eigenvalue weighted by Crippen LogP contribution is -2.26. The van der Waals surface area contributed by atoms with Crippen molar-refractivity contribution < 1.29 is 9.13 Å². The number of hydrogen-bond acceptors (Lipinski definition) is 2. The minimum atomic E-state index is -0.248. The molecule has 0 saturated carbocycles. The molecule has 0 saturated heterocycles. The smallest absolute Gasteiger partial charge is 0.227 e. The molecule has 0 spiro atoms. The van der Waals surface area contributed by atoms with E-state index in [1.54, 1.807) is 12.1 Å². The van der Waals surface area contributed by atoms with Crippen LogP contribution in [0.5, 0.6) is 5.88 Å². The Bertz CT molecular complexity index is 609. The van der Waals surface area contributed by atoms with Gasteiger partial charge in [0.25, 0.3) is 0 Å². The van der Waals surface area contributed by atoms with Crippen LogP contribution in [0.25, 0.3) is 11.3 Å². The molecule has 19 heavy (non-hydrogen) atoms. The molecule has 2 heterocycles. The van der Waals surface area contributed by atoms with E-state index >= 15 is 0 Å². The SMILES string of the molecule is CC1CC(C)n2nc(-c3ccc(F)cc3)c(Br)c2O1. The Morgan fingerprint density at radius 3 is 2.68 bits per heavy atom. The quantitative estimate of drug-likeness (QED) is 0.786. The summed E-state index contributed by atoms with van der Waals surface area (Å²) >= 11 is 3.55. The molecule has 5 heteroatoms. The van der Waals surface area contributed by atoms with Crippen molar-refractivity contribution in [3.63, 3.8) is 0 Å². The minimum Gasteiger partial charge on any atom is -0.474 e. The van der Waals surface area contributed by atoms with E-state index in [-0.39, 0.29) is 11.9 Å². The fourth-order valence-corrected chi connectivity index (χ4v) is 3.00. The fourth-order valence-electron chi connectivity index (χ4n) is 2.41. The van der Waals surface area contributed by atoms with Gasteiger partial charge in [-0.1, -0.05) is 0 Å². The van der Waals surface area contributed by atoms with Crippen molar-refractivity contribution in [2.45, 2.75) is 32.4 Å². The average molecular weight is 325 g/mol. The van der Waals surface area contributed by atoms with Crippen LogP contribution in [0.4, 0.5) is 4.39 Å². The van der Waals surface area contributed by atoms with Crippen molar-refractivity contribution in [3.05, 3.63) is 34.6 Å². The molecule has 1 aromatic heterocycles.